The van der Waals surface area contributed by atoms with E-state index in [4.69, 9.17) is 16.3 Å². The molecular weight excluding hydrogens is 284 g/mol. The summed E-state index contributed by atoms with van der Waals surface area (Å²) in [7, 11) is 0. The Morgan fingerprint density at radius 3 is 2.57 bits per heavy atom. The lowest BCUT2D eigenvalue weighted by Crippen LogP contribution is -2.43. The van der Waals surface area contributed by atoms with Crippen molar-refractivity contribution in [3.63, 3.8) is 0 Å². The van der Waals surface area contributed by atoms with Gasteiger partial charge in [-0.25, -0.2) is 0 Å². The van der Waals surface area contributed by atoms with Gasteiger partial charge in [-0.3, -0.25) is 4.79 Å². The molecule has 0 aliphatic heterocycles. The fourth-order valence-electron chi connectivity index (χ4n) is 4.50. The van der Waals surface area contributed by atoms with Gasteiger partial charge in [0, 0.05) is 5.02 Å². The highest BCUT2D eigenvalue weighted by atomic mass is 35.5. The van der Waals surface area contributed by atoms with Crippen molar-refractivity contribution in [2.45, 2.75) is 45.4 Å². The number of ether oxygens (including phenoxy) is 1. The number of benzene rings is 1. The highest BCUT2D eigenvalue weighted by molar-refractivity contribution is 6.30. The Hall–Kier alpha value is -1.02. The summed E-state index contributed by atoms with van der Waals surface area (Å²) in [6.45, 7) is 4.49. The van der Waals surface area contributed by atoms with E-state index in [0.717, 1.165) is 30.7 Å². The first kappa shape index (κ1) is 14.9. The third-order valence-electron chi connectivity index (χ3n) is 5.73. The second-order valence-electron chi connectivity index (χ2n) is 6.70. The predicted octanol–water partition coefficient (Wildman–Crippen LogP) is 4.81. The van der Waals surface area contributed by atoms with Crippen LogP contribution in [-0.2, 0) is 9.53 Å². The summed E-state index contributed by atoms with van der Waals surface area (Å²) < 4.78 is 5.37. The van der Waals surface area contributed by atoms with Gasteiger partial charge in [-0.1, -0.05) is 23.7 Å². The summed E-state index contributed by atoms with van der Waals surface area (Å²) in [4.78, 5) is 12.4. The molecule has 1 aromatic carbocycles. The number of fused-ring (bicyclic) bond motifs is 2. The van der Waals surface area contributed by atoms with Crippen molar-refractivity contribution in [2.24, 2.45) is 17.3 Å². The van der Waals surface area contributed by atoms with E-state index in [2.05, 4.69) is 19.1 Å². The summed E-state index contributed by atoms with van der Waals surface area (Å²) in [6.07, 6.45) is 4.45. The maximum absolute atomic E-state index is 12.4. The van der Waals surface area contributed by atoms with Gasteiger partial charge < -0.3 is 4.74 Å². The molecule has 21 heavy (non-hydrogen) atoms. The lowest BCUT2D eigenvalue weighted by molar-refractivity contribution is -0.161. The van der Waals surface area contributed by atoms with Gasteiger partial charge in [0.1, 0.15) is 0 Å². The van der Waals surface area contributed by atoms with Crippen LogP contribution in [0.15, 0.2) is 24.3 Å². The smallest absolute Gasteiger partial charge is 0.312 e. The van der Waals surface area contributed by atoms with Crippen molar-refractivity contribution in [1.29, 1.82) is 0 Å². The summed E-state index contributed by atoms with van der Waals surface area (Å²) in [5.41, 5.74) is 1.05. The Morgan fingerprint density at radius 2 is 2.00 bits per heavy atom. The molecule has 0 amide bonds. The molecule has 3 rings (SSSR count). The van der Waals surface area contributed by atoms with E-state index in [9.17, 15) is 4.79 Å². The van der Waals surface area contributed by atoms with Gasteiger partial charge in [0.25, 0.3) is 0 Å². The Kier molecular flexibility index (Phi) is 4.00. The van der Waals surface area contributed by atoms with Crippen LogP contribution in [-0.4, -0.2) is 12.6 Å². The molecular formula is C18H23ClO2. The molecule has 0 heterocycles. The van der Waals surface area contributed by atoms with Gasteiger partial charge in [0.15, 0.2) is 0 Å². The fourth-order valence-corrected chi connectivity index (χ4v) is 4.70. The van der Waals surface area contributed by atoms with Gasteiger partial charge in [-0.15, -0.1) is 0 Å². The normalized spacial score (nSPS) is 34.7. The van der Waals surface area contributed by atoms with E-state index >= 15 is 0 Å². The minimum Gasteiger partial charge on any atom is -0.466 e. The molecule has 0 N–H and O–H groups in total. The first-order valence-corrected chi connectivity index (χ1v) is 8.36. The van der Waals surface area contributed by atoms with Crippen LogP contribution in [0.3, 0.4) is 0 Å². The lowest BCUT2D eigenvalue weighted by Gasteiger charge is -2.42. The molecule has 1 aromatic rings. The van der Waals surface area contributed by atoms with Crippen molar-refractivity contribution in [3.05, 3.63) is 34.9 Å². The predicted molar refractivity (Wildman–Crippen MR) is 84.4 cm³/mol. The van der Waals surface area contributed by atoms with E-state index in [1.54, 1.807) is 0 Å². The number of esters is 1. The second-order valence-corrected chi connectivity index (χ2v) is 7.13. The Labute approximate surface area is 131 Å². The van der Waals surface area contributed by atoms with Crippen molar-refractivity contribution < 1.29 is 9.53 Å². The van der Waals surface area contributed by atoms with Crippen molar-refractivity contribution in [1.82, 2.24) is 0 Å². The van der Waals surface area contributed by atoms with Gasteiger partial charge in [0.2, 0.25) is 0 Å². The zero-order chi connectivity index (χ0) is 15.0. The minimum atomic E-state index is -0.273. The lowest BCUT2D eigenvalue weighted by atomic mass is 9.62. The summed E-state index contributed by atoms with van der Waals surface area (Å²) in [5.74, 6) is 1.43. The molecule has 2 nitrogen and oxygen atoms in total. The third kappa shape index (κ3) is 2.48. The van der Waals surface area contributed by atoms with Crippen LogP contribution in [0, 0.1) is 17.3 Å². The quantitative estimate of drug-likeness (QED) is 0.749. The molecule has 2 aliphatic carbocycles. The third-order valence-corrected chi connectivity index (χ3v) is 5.97. The molecule has 114 valence electrons. The Bertz CT molecular complexity index is 526. The van der Waals surface area contributed by atoms with Crippen molar-refractivity contribution in [3.8, 4) is 0 Å². The number of hydrogen-bond acceptors (Lipinski definition) is 2. The molecule has 0 spiro atoms. The molecule has 3 heteroatoms. The molecule has 2 atom stereocenters. The van der Waals surface area contributed by atoms with Gasteiger partial charge in [0.05, 0.1) is 12.0 Å². The minimum absolute atomic E-state index is 0.0158. The molecule has 2 fully saturated rings. The number of rotatable bonds is 3. The molecule has 2 unspecified atom stereocenters. The van der Waals surface area contributed by atoms with E-state index in [1.165, 1.54) is 5.56 Å². The van der Waals surface area contributed by atoms with Gasteiger partial charge in [-0.05, 0) is 75.0 Å². The monoisotopic (exact) mass is 306 g/mol. The maximum atomic E-state index is 12.4. The first-order valence-electron chi connectivity index (χ1n) is 7.98. The average Bonchev–Trinajstić information content (AvgIpc) is 2.66. The van der Waals surface area contributed by atoms with E-state index in [-0.39, 0.29) is 11.4 Å². The topological polar surface area (TPSA) is 26.3 Å². The average molecular weight is 307 g/mol. The van der Waals surface area contributed by atoms with E-state index in [0.29, 0.717) is 24.4 Å². The number of halogens is 1. The SMILES string of the molecule is CCOC(=O)C1(C)C2CCC1CC(c1cccc(Cl)c1)C2. The highest BCUT2D eigenvalue weighted by Gasteiger charge is 2.56. The van der Waals surface area contributed by atoms with Crippen LogP contribution in [0.5, 0.6) is 0 Å². The number of carbonyl (C=O) groups excluding carboxylic acids is 1. The molecule has 0 radical (unpaired) electrons. The standard InChI is InChI=1S/C18H23ClO2/c1-3-21-17(20)18(2)14-7-8-15(18)10-13(9-14)12-5-4-6-16(19)11-12/h4-6,11,13-15H,3,7-10H2,1-2H3. The van der Waals surface area contributed by atoms with E-state index in [1.807, 2.05) is 19.1 Å². The molecule has 0 aromatic heterocycles. The highest BCUT2D eigenvalue weighted by Crippen LogP contribution is 2.59. The Morgan fingerprint density at radius 1 is 1.33 bits per heavy atom. The molecule has 0 saturated heterocycles. The summed E-state index contributed by atoms with van der Waals surface area (Å²) in [6, 6.07) is 8.20. The van der Waals surface area contributed by atoms with Crippen LogP contribution in [0.4, 0.5) is 0 Å². The van der Waals surface area contributed by atoms with Gasteiger partial charge in [-0.2, -0.15) is 0 Å². The Balaban J connectivity index is 1.82. The largest absolute Gasteiger partial charge is 0.466 e. The van der Waals surface area contributed by atoms with Crippen molar-refractivity contribution >= 4 is 17.6 Å². The summed E-state index contributed by atoms with van der Waals surface area (Å²) in [5, 5.41) is 0.804. The second kappa shape index (κ2) is 5.64. The molecule has 2 aliphatic rings. The van der Waals surface area contributed by atoms with Gasteiger partial charge >= 0.3 is 5.97 Å². The van der Waals surface area contributed by atoms with Crippen LogP contribution in [0.1, 0.15) is 51.0 Å². The first-order chi connectivity index (χ1) is 10.1. The zero-order valence-electron chi connectivity index (χ0n) is 12.8. The molecule has 2 bridgehead atoms. The van der Waals surface area contributed by atoms with Crippen LogP contribution < -0.4 is 0 Å². The van der Waals surface area contributed by atoms with Crippen LogP contribution >= 0.6 is 11.6 Å². The van der Waals surface area contributed by atoms with Crippen molar-refractivity contribution in [2.75, 3.05) is 6.61 Å². The maximum Gasteiger partial charge on any atom is 0.312 e. The van der Waals surface area contributed by atoms with E-state index < -0.39 is 0 Å². The number of carbonyl (C=O) groups is 1. The number of hydrogen-bond donors (Lipinski definition) is 0. The zero-order valence-corrected chi connectivity index (χ0v) is 13.5. The fraction of sp³-hybridized carbons (Fsp3) is 0.611. The van der Waals surface area contributed by atoms with Crippen LogP contribution in [0.2, 0.25) is 5.02 Å². The summed E-state index contributed by atoms with van der Waals surface area (Å²) >= 11 is 6.13. The molecule has 2 saturated carbocycles. The van der Waals surface area contributed by atoms with Crippen LogP contribution in [0.25, 0.3) is 0 Å².